The van der Waals surface area contributed by atoms with Crippen LogP contribution in [0.3, 0.4) is 0 Å². The number of amides is 2. The monoisotopic (exact) mass is 513 g/mol. The molecule has 0 fully saturated rings. The van der Waals surface area contributed by atoms with Gasteiger partial charge in [0.25, 0.3) is 5.91 Å². The van der Waals surface area contributed by atoms with Crippen molar-refractivity contribution in [3.8, 4) is 0 Å². The number of carbonyl (C=O) groups excluding carboxylic acids is 2. The Balaban J connectivity index is 1.81. The summed E-state index contributed by atoms with van der Waals surface area (Å²) in [7, 11) is 1.50. The lowest BCUT2D eigenvalue weighted by Gasteiger charge is -2.29. The van der Waals surface area contributed by atoms with E-state index in [-0.39, 0.29) is 30.6 Å². The lowest BCUT2D eigenvalue weighted by Crippen LogP contribution is -2.54. The van der Waals surface area contributed by atoms with Gasteiger partial charge in [-0.05, 0) is 30.1 Å². The minimum atomic E-state index is -1.27. The summed E-state index contributed by atoms with van der Waals surface area (Å²) >= 11 is 5.33. The molecule has 0 saturated heterocycles. The van der Waals surface area contributed by atoms with Crippen LogP contribution >= 0.6 is 12.2 Å². The highest BCUT2D eigenvalue weighted by Gasteiger charge is 2.49. The molecule has 3 N–H and O–H groups in total. The van der Waals surface area contributed by atoms with Crippen molar-refractivity contribution in [1.82, 2.24) is 20.6 Å². The first-order valence-electron chi connectivity index (χ1n) is 12.2. The number of imidazole rings is 1. The van der Waals surface area contributed by atoms with Gasteiger partial charge in [0.1, 0.15) is 0 Å². The normalized spacial score (nSPS) is 18.6. The summed E-state index contributed by atoms with van der Waals surface area (Å²) in [5.41, 5.74) is 1.01. The minimum absolute atomic E-state index is 0.0302. The molecule has 0 radical (unpaired) electrons. The van der Waals surface area contributed by atoms with E-state index in [1.807, 2.05) is 51.1 Å². The van der Waals surface area contributed by atoms with E-state index < -0.39 is 17.7 Å². The summed E-state index contributed by atoms with van der Waals surface area (Å²) in [4.78, 5) is 39.3. The van der Waals surface area contributed by atoms with Gasteiger partial charge in [-0.2, -0.15) is 0 Å². The number of hydrogen-bond donors (Lipinski definition) is 3. The molecule has 36 heavy (non-hydrogen) atoms. The maximum Gasteiger partial charge on any atom is 0.268 e. The third-order valence-electron chi connectivity index (χ3n) is 6.17. The van der Waals surface area contributed by atoms with E-state index in [9.17, 15) is 9.59 Å². The second kappa shape index (κ2) is 12.6. The molecule has 0 aliphatic carbocycles. The molecule has 3 rings (SSSR count). The first-order chi connectivity index (χ1) is 17.3. The van der Waals surface area contributed by atoms with Crippen LogP contribution in [0.4, 0.5) is 0 Å². The van der Waals surface area contributed by atoms with Crippen molar-refractivity contribution in [1.29, 1.82) is 0 Å². The number of methoxy groups -OCH3 is 1. The van der Waals surface area contributed by atoms with Crippen LogP contribution in [0.15, 0.2) is 48.0 Å². The molecular formula is C26H35N5O4S. The van der Waals surface area contributed by atoms with Gasteiger partial charge in [0, 0.05) is 24.7 Å². The van der Waals surface area contributed by atoms with E-state index in [1.54, 1.807) is 6.20 Å². The summed E-state index contributed by atoms with van der Waals surface area (Å²) in [6, 6.07) is 8.85. The van der Waals surface area contributed by atoms with Gasteiger partial charge in [-0.3, -0.25) is 9.59 Å². The van der Waals surface area contributed by atoms with Crippen LogP contribution in [0.25, 0.3) is 0 Å². The van der Waals surface area contributed by atoms with Crippen molar-refractivity contribution in [2.45, 2.75) is 70.6 Å². The summed E-state index contributed by atoms with van der Waals surface area (Å²) in [6.45, 7) is 6.01. The highest BCUT2D eigenvalue weighted by Crippen LogP contribution is 2.31. The Morgan fingerprint density at radius 1 is 1.25 bits per heavy atom. The molecule has 0 spiro atoms. The Morgan fingerprint density at radius 3 is 2.61 bits per heavy atom. The van der Waals surface area contributed by atoms with Crippen molar-refractivity contribution < 1.29 is 19.2 Å². The number of ether oxygens (including phenoxy) is 1. The van der Waals surface area contributed by atoms with Crippen LogP contribution in [0, 0.1) is 5.92 Å². The Kier molecular flexibility index (Phi) is 9.58. The van der Waals surface area contributed by atoms with Crippen LogP contribution < -0.4 is 10.6 Å². The predicted octanol–water partition coefficient (Wildman–Crippen LogP) is 3.11. The average Bonchev–Trinajstić information content (AvgIpc) is 3.53. The topological polar surface area (TPSA) is 118 Å². The number of thiocarbonyl (C=S) groups is 1. The average molecular weight is 514 g/mol. The Labute approximate surface area is 217 Å². The molecule has 9 nitrogen and oxygen atoms in total. The van der Waals surface area contributed by atoms with Gasteiger partial charge in [-0.1, -0.05) is 62.7 Å². The molecule has 1 aliphatic heterocycles. The van der Waals surface area contributed by atoms with E-state index >= 15 is 0 Å². The molecular weight excluding hydrogens is 478 g/mol. The van der Waals surface area contributed by atoms with E-state index in [0.717, 1.165) is 12.0 Å². The highest BCUT2D eigenvalue weighted by molar-refractivity contribution is 7.80. The van der Waals surface area contributed by atoms with Crippen molar-refractivity contribution in [2.24, 2.45) is 11.1 Å². The third-order valence-corrected chi connectivity index (χ3v) is 6.62. The fourth-order valence-corrected chi connectivity index (χ4v) is 4.45. The number of nitrogens with one attached hydrogen (secondary N) is 3. The molecule has 1 aliphatic rings. The molecule has 0 bridgehead atoms. The molecule has 0 saturated carbocycles. The van der Waals surface area contributed by atoms with Gasteiger partial charge in [-0.15, -0.1) is 0 Å². The SMILES string of the molecule is CCC[C@H](NC(=O)C1(Cc2ccccc2)CC([C@@H](NC(=O)Cc2cnc[nH]2)C(C)C)=NO1)C(=S)OC. The zero-order valence-corrected chi connectivity index (χ0v) is 22.1. The van der Waals surface area contributed by atoms with Gasteiger partial charge in [0.2, 0.25) is 11.5 Å². The maximum absolute atomic E-state index is 13.7. The number of H-pyrrole nitrogens is 1. The van der Waals surface area contributed by atoms with Gasteiger partial charge < -0.3 is 25.2 Å². The van der Waals surface area contributed by atoms with E-state index in [0.29, 0.717) is 29.3 Å². The zero-order valence-electron chi connectivity index (χ0n) is 21.2. The Hall–Kier alpha value is -3.27. The number of aromatic amines is 1. The van der Waals surface area contributed by atoms with E-state index in [1.165, 1.54) is 13.4 Å². The van der Waals surface area contributed by atoms with Crippen LogP contribution in [-0.2, 0) is 32.0 Å². The lowest BCUT2D eigenvalue weighted by atomic mass is 9.84. The third kappa shape index (κ3) is 6.90. The summed E-state index contributed by atoms with van der Waals surface area (Å²) < 4.78 is 5.25. The summed E-state index contributed by atoms with van der Waals surface area (Å²) in [6.07, 6.45) is 5.34. The summed E-state index contributed by atoms with van der Waals surface area (Å²) in [5, 5.41) is 10.8. The van der Waals surface area contributed by atoms with Crippen molar-refractivity contribution in [3.05, 3.63) is 54.1 Å². The second-order valence-corrected chi connectivity index (χ2v) is 9.79. The molecule has 10 heteroatoms. The molecule has 2 amide bonds. The van der Waals surface area contributed by atoms with E-state index in [2.05, 4.69) is 25.8 Å². The van der Waals surface area contributed by atoms with Crippen LogP contribution in [-0.4, -0.2) is 57.3 Å². The van der Waals surface area contributed by atoms with Crippen LogP contribution in [0.2, 0.25) is 0 Å². The molecule has 2 heterocycles. The smallest absolute Gasteiger partial charge is 0.268 e. The second-order valence-electron chi connectivity index (χ2n) is 9.39. The lowest BCUT2D eigenvalue weighted by molar-refractivity contribution is -0.144. The first kappa shape index (κ1) is 27.3. The number of benzene rings is 1. The largest absolute Gasteiger partial charge is 0.488 e. The van der Waals surface area contributed by atoms with Crippen LogP contribution in [0.1, 0.15) is 51.3 Å². The Bertz CT molecular complexity index is 1060. The van der Waals surface area contributed by atoms with Gasteiger partial charge in [0.05, 0.1) is 37.7 Å². The van der Waals surface area contributed by atoms with Gasteiger partial charge in [-0.25, -0.2) is 4.98 Å². The fourth-order valence-electron chi connectivity index (χ4n) is 4.28. The number of hydrogen-bond acceptors (Lipinski definition) is 7. The fraction of sp³-hybridized carbons (Fsp3) is 0.500. The van der Waals surface area contributed by atoms with Crippen molar-refractivity contribution >= 4 is 34.8 Å². The molecule has 2 aromatic rings. The molecule has 194 valence electrons. The first-order valence-corrected chi connectivity index (χ1v) is 12.6. The summed E-state index contributed by atoms with van der Waals surface area (Å²) in [5.74, 6) is -0.448. The highest BCUT2D eigenvalue weighted by atomic mass is 32.1. The van der Waals surface area contributed by atoms with Crippen molar-refractivity contribution in [3.63, 3.8) is 0 Å². The number of carbonyl (C=O) groups is 2. The molecule has 3 atom stereocenters. The number of rotatable bonds is 12. The number of nitrogens with zero attached hydrogens (tertiary/aromatic N) is 2. The van der Waals surface area contributed by atoms with Crippen molar-refractivity contribution in [2.75, 3.05) is 7.11 Å². The van der Waals surface area contributed by atoms with E-state index in [4.69, 9.17) is 21.8 Å². The zero-order chi connectivity index (χ0) is 26.1. The van der Waals surface area contributed by atoms with Gasteiger partial charge in [0.15, 0.2) is 5.05 Å². The molecule has 1 aromatic carbocycles. The quantitative estimate of drug-likeness (QED) is 0.376. The minimum Gasteiger partial charge on any atom is -0.488 e. The Morgan fingerprint density at radius 2 is 2.00 bits per heavy atom. The molecule has 1 aromatic heterocycles. The predicted molar refractivity (Wildman–Crippen MR) is 142 cm³/mol. The van der Waals surface area contributed by atoms with Crippen LogP contribution in [0.5, 0.6) is 0 Å². The number of aromatic nitrogens is 2. The van der Waals surface area contributed by atoms with Gasteiger partial charge >= 0.3 is 0 Å². The molecule has 1 unspecified atom stereocenters. The number of oxime groups is 1. The standard InChI is InChI=1S/C26H35N5O4S/c1-5-9-20(24(36)34-4)29-25(33)26(13-18-10-7-6-8-11-18)14-21(31-35-26)23(17(2)3)30-22(32)12-19-15-27-16-28-19/h6-8,10-11,15-17,20,23H,5,9,12-14H2,1-4H3,(H,27,28)(H,29,33)(H,30,32)/t20-,23-,26?/m0/s1. The maximum atomic E-state index is 13.7.